The lowest BCUT2D eigenvalue weighted by Crippen LogP contribution is -2.32. The summed E-state index contributed by atoms with van der Waals surface area (Å²) >= 11 is 0. The quantitative estimate of drug-likeness (QED) is 0.789. The molecule has 1 rings (SSSR count). The van der Waals surface area contributed by atoms with Crippen molar-refractivity contribution >= 4 is 5.97 Å². The minimum atomic E-state index is -0.987. The average Bonchev–Trinajstić information content (AvgIpc) is 2.26. The van der Waals surface area contributed by atoms with E-state index in [9.17, 15) is 4.79 Å². The number of nitrogens with two attached hydrogens (primary N) is 1. The van der Waals surface area contributed by atoms with Crippen LogP contribution in [0.5, 0.6) is 5.75 Å². The molecule has 0 amide bonds. The molecule has 1 aromatic rings. The molecule has 1 unspecified atom stereocenters. The van der Waals surface area contributed by atoms with Crippen molar-refractivity contribution in [3.05, 3.63) is 29.8 Å². The summed E-state index contributed by atoms with van der Waals surface area (Å²) in [4.78, 5) is 10.6. The Bertz CT molecular complexity index is 377. The van der Waals surface area contributed by atoms with E-state index >= 15 is 0 Å². The van der Waals surface area contributed by atoms with Crippen LogP contribution in [0.25, 0.3) is 0 Å². The third-order valence-corrected chi connectivity index (χ3v) is 2.25. The molecule has 0 bridgehead atoms. The minimum absolute atomic E-state index is 0.314. The van der Waals surface area contributed by atoms with Crippen LogP contribution in [0.2, 0.25) is 0 Å². The fourth-order valence-corrected chi connectivity index (χ4v) is 1.37. The molecule has 4 nitrogen and oxygen atoms in total. The Balaban J connectivity index is 2.62. The molecule has 3 N–H and O–H groups in total. The van der Waals surface area contributed by atoms with Crippen molar-refractivity contribution in [3.8, 4) is 5.75 Å². The van der Waals surface area contributed by atoms with Crippen LogP contribution in [0.1, 0.15) is 19.4 Å². The predicted molar refractivity (Wildman–Crippen MR) is 66.1 cm³/mol. The Hall–Kier alpha value is -1.55. The summed E-state index contributed by atoms with van der Waals surface area (Å²) in [6.45, 7) is 4.79. The fourth-order valence-electron chi connectivity index (χ4n) is 1.37. The molecule has 94 valence electrons. The second-order valence-electron chi connectivity index (χ2n) is 4.50. The Labute approximate surface area is 101 Å². The van der Waals surface area contributed by atoms with Gasteiger partial charge in [-0.2, -0.15) is 0 Å². The molecule has 0 spiro atoms. The average molecular weight is 237 g/mol. The van der Waals surface area contributed by atoms with Crippen molar-refractivity contribution in [1.29, 1.82) is 0 Å². The van der Waals surface area contributed by atoms with Crippen LogP contribution in [0, 0.1) is 5.92 Å². The molecule has 0 aromatic heterocycles. The maximum atomic E-state index is 10.6. The van der Waals surface area contributed by atoms with Gasteiger partial charge in [-0.15, -0.1) is 0 Å². The normalized spacial score (nSPS) is 12.5. The minimum Gasteiger partial charge on any atom is -0.493 e. The Morgan fingerprint density at radius 1 is 1.47 bits per heavy atom. The molecule has 0 aliphatic rings. The van der Waals surface area contributed by atoms with Gasteiger partial charge in [0.05, 0.1) is 6.61 Å². The van der Waals surface area contributed by atoms with Crippen LogP contribution in [-0.4, -0.2) is 23.7 Å². The second-order valence-corrected chi connectivity index (χ2v) is 4.50. The summed E-state index contributed by atoms with van der Waals surface area (Å²) in [7, 11) is 0. The van der Waals surface area contributed by atoms with Crippen LogP contribution >= 0.6 is 0 Å². The van der Waals surface area contributed by atoms with Crippen molar-refractivity contribution in [3.63, 3.8) is 0 Å². The van der Waals surface area contributed by atoms with Crippen LogP contribution < -0.4 is 10.5 Å². The van der Waals surface area contributed by atoms with Gasteiger partial charge >= 0.3 is 5.97 Å². The van der Waals surface area contributed by atoms with Gasteiger partial charge in [0.15, 0.2) is 0 Å². The summed E-state index contributed by atoms with van der Waals surface area (Å²) < 4.78 is 5.56. The molecular weight excluding hydrogens is 218 g/mol. The zero-order valence-corrected chi connectivity index (χ0v) is 10.2. The molecular formula is C13H19NO3. The molecule has 4 heteroatoms. The number of rotatable bonds is 6. The molecule has 0 saturated heterocycles. The number of aliphatic carboxylic acids is 1. The van der Waals surface area contributed by atoms with Gasteiger partial charge in [0.25, 0.3) is 0 Å². The highest BCUT2D eigenvalue weighted by atomic mass is 16.5. The number of carboxylic acid groups (broad SMARTS) is 1. The monoisotopic (exact) mass is 237 g/mol. The van der Waals surface area contributed by atoms with E-state index in [-0.39, 0.29) is 0 Å². The lowest BCUT2D eigenvalue weighted by atomic mass is 10.1. The SMILES string of the molecule is CC(C)COc1cccc(CC(N)C(=O)O)c1. The number of carbonyl (C=O) groups is 1. The van der Waals surface area contributed by atoms with E-state index in [0.29, 0.717) is 18.9 Å². The highest BCUT2D eigenvalue weighted by molar-refractivity contribution is 5.73. The van der Waals surface area contributed by atoms with Gasteiger partial charge < -0.3 is 15.6 Å². The molecule has 0 heterocycles. The standard InChI is InChI=1S/C13H19NO3/c1-9(2)8-17-11-5-3-4-10(6-11)7-12(14)13(15)16/h3-6,9,12H,7-8,14H2,1-2H3,(H,15,16). The van der Waals surface area contributed by atoms with Gasteiger partial charge in [0.2, 0.25) is 0 Å². The van der Waals surface area contributed by atoms with Crippen molar-refractivity contribution in [2.45, 2.75) is 26.3 Å². The first-order valence-electron chi connectivity index (χ1n) is 5.69. The van der Waals surface area contributed by atoms with E-state index in [1.807, 2.05) is 24.3 Å². The maximum absolute atomic E-state index is 10.6. The van der Waals surface area contributed by atoms with Crippen LogP contribution in [0.4, 0.5) is 0 Å². The van der Waals surface area contributed by atoms with E-state index < -0.39 is 12.0 Å². The van der Waals surface area contributed by atoms with Crippen molar-refractivity contribution < 1.29 is 14.6 Å². The van der Waals surface area contributed by atoms with E-state index in [1.54, 1.807) is 0 Å². The van der Waals surface area contributed by atoms with Crippen molar-refractivity contribution in [2.75, 3.05) is 6.61 Å². The maximum Gasteiger partial charge on any atom is 0.320 e. The first kappa shape index (κ1) is 13.5. The van der Waals surface area contributed by atoms with Gasteiger partial charge in [-0.1, -0.05) is 26.0 Å². The number of benzene rings is 1. The van der Waals surface area contributed by atoms with E-state index in [2.05, 4.69) is 13.8 Å². The van der Waals surface area contributed by atoms with E-state index in [0.717, 1.165) is 11.3 Å². The Morgan fingerprint density at radius 3 is 2.76 bits per heavy atom. The van der Waals surface area contributed by atoms with Gasteiger partial charge in [-0.05, 0) is 30.0 Å². The fraction of sp³-hybridized carbons (Fsp3) is 0.462. The highest BCUT2D eigenvalue weighted by Crippen LogP contribution is 2.15. The summed E-state index contributed by atoms with van der Waals surface area (Å²) in [5.41, 5.74) is 6.36. The zero-order chi connectivity index (χ0) is 12.8. The third kappa shape index (κ3) is 4.87. The summed E-state index contributed by atoms with van der Waals surface area (Å²) in [6, 6.07) is 6.53. The Morgan fingerprint density at radius 2 is 2.18 bits per heavy atom. The van der Waals surface area contributed by atoms with Crippen molar-refractivity contribution in [1.82, 2.24) is 0 Å². The van der Waals surface area contributed by atoms with Gasteiger partial charge in [0.1, 0.15) is 11.8 Å². The predicted octanol–water partition coefficient (Wildman–Crippen LogP) is 1.68. The van der Waals surface area contributed by atoms with Gasteiger partial charge in [-0.25, -0.2) is 0 Å². The smallest absolute Gasteiger partial charge is 0.320 e. The number of carboxylic acids is 1. The molecule has 0 aliphatic heterocycles. The Kier molecular flexibility index (Phi) is 4.97. The summed E-state index contributed by atoms with van der Waals surface area (Å²) in [6.07, 6.45) is 0.314. The molecule has 0 radical (unpaired) electrons. The third-order valence-electron chi connectivity index (χ3n) is 2.25. The number of hydrogen-bond acceptors (Lipinski definition) is 3. The highest BCUT2D eigenvalue weighted by Gasteiger charge is 2.12. The second kappa shape index (κ2) is 6.25. The molecule has 0 saturated carbocycles. The van der Waals surface area contributed by atoms with Crippen molar-refractivity contribution in [2.24, 2.45) is 11.7 Å². The number of ether oxygens (including phenoxy) is 1. The van der Waals surface area contributed by atoms with Gasteiger partial charge in [0, 0.05) is 0 Å². The summed E-state index contributed by atoms with van der Waals surface area (Å²) in [5, 5.41) is 8.73. The van der Waals surface area contributed by atoms with E-state index in [1.165, 1.54) is 0 Å². The van der Waals surface area contributed by atoms with Crippen LogP contribution in [0.3, 0.4) is 0 Å². The summed E-state index contributed by atoms with van der Waals surface area (Å²) in [5.74, 6) is 0.229. The molecule has 1 atom stereocenters. The molecule has 0 fully saturated rings. The topological polar surface area (TPSA) is 72.5 Å². The van der Waals surface area contributed by atoms with Crippen LogP contribution in [-0.2, 0) is 11.2 Å². The zero-order valence-electron chi connectivity index (χ0n) is 10.2. The van der Waals surface area contributed by atoms with E-state index in [4.69, 9.17) is 15.6 Å². The lowest BCUT2D eigenvalue weighted by molar-refractivity contribution is -0.138. The first-order chi connectivity index (χ1) is 7.99. The van der Waals surface area contributed by atoms with Gasteiger partial charge in [-0.3, -0.25) is 4.79 Å². The molecule has 1 aromatic carbocycles. The largest absolute Gasteiger partial charge is 0.493 e. The van der Waals surface area contributed by atoms with Crippen LogP contribution in [0.15, 0.2) is 24.3 Å². The number of hydrogen-bond donors (Lipinski definition) is 2. The molecule has 0 aliphatic carbocycles. The molecule has 17 heavy (non-hydrogen) atoms. The lowest BCUT2D eigenvalue weighted by Gasteiger charge is -2.11. The first-order valence-corrected chi connectivity index (χ1v) is 5.69.